The van der Waals surface area contributed by atoms with E-state index in [-0.39, 0.29) is 43.3 Å². The van der Waals surface area contributed by atoms with Crippen LogP contribution in [0.15, 0.2) is 48.5 Å². The molecule has 4 rings (SSSR count). The summed E-state index contributed by atoms with van der Waals surface area (Å²) >= 11 is 0. The van der Waals surface area contributed by atoms with Gasteiger partial charge in [0.1, 0.15) is 18.5 Å². The fourth-order valence-electron chi connectivity index (χ4n) is 3.78. The van der Waals surface area contributed by atoms with Gasteiger partial charge < -0.3 is 20.1 Å². The highest BCUT2D eigenvalue weighted by Gasteiger charge is 2.34. The molecule has 1 aliphatic carbocycles. The number of hydrogen-bond acceptors (Lipinski definition) is 4. The first-order valence-corrected chi connectivity index (χ1v) is 10.2. The lowest BCUT2D eigenvalue weighted by Gasteiger charge is -2.38. The van der Waals surface area contributed by atoms with Crippen LogP contribution in [0.5, 0.6) is 0 Å². The monoisotopic (exact) mass is 412 g/mol. The third-order valence-corrected chi connectivity index (χ3v) is 5.86. The molecule has 0 aromatic heterocycles. The fourth-order valence-corrected chi connectivity index (χ4v) is 3.78. The first-order chi connectivity index (χ1) is 14.5. The van der Waals surface area contributed by atoms with Gasteiger partial charge >= 0.3 is 0 Å². The molecule has 0 spiro atoms. The summed E-state index contributed by atoms with van der Waals surface area (Å²) in [5, 5.41) is 13.8. The lowest BCUT2D eigenvalue weighted by molar-refractivity contribution is -0.155. The minimum atomic E-state index is -0.953. The van der Waals surface area contributed by atoms with E-state index >= 15 is 0 Å². The van der Waals surface area contributed by atoms with E-state index in [0.29, 0.717) is 11.3 Å². The lowest BCUT2D eigenvalue weighted by Crippen LogP contribution is -2.51. The normalized spacial score (nSPS) is 20.5. The van der Waals surface area contributed by atoms with E-state index in [2.05, 4.69) is 5.32 Å². The van der Waals surface area contributed by atoms with Crippen LogP contribution in [-0.2, 0) is 20.9 Å². The summed E-state index contributed by atoms with van der Waals surface area (Å²) in [4.78, 5) is 26.1. The molecule has 2 amide bonds. The van der Waals surface area contributed by atoms with E-state index in [0.717, 1.165) is 24.8 Å². The topological polar surface area (TPSA) is 78.9 Å². The van der Waals surface area contributed by atoms with E-state index < -0.39 is 12.1 Å². The molecule has 0 radical (unpaired) electrons. The van der Waals surface area contributed by atoms with Crippen molar-refractivity contribution in [2.24, 2.45) is 5.92 Å². The van der Waals surface area contributed by atoms with Gasteiger partial charge in [-0.05, 0) is 48.2 Å². The van der Waals surface area contributed by atoms with Crippen molar-refractivity contribution in [3.05, 3.63) is 65.5 Å². The molecule has 2 N–H and O–H groups in total. The maximum absolute atomic E-state index is 13.2. The van der Waals surface area contributed by atoms with Crippen LogP contribution in [0, 0.1) is 11.7 Å². The molecule has 0 bridgehead atoms. The van der Waals surface area contributed by atoms with Crippen molar-refractivity contribution in [3.8, 4) is 0 Å². The number of carbonyl (C=O) groups excluding carboxylic acids is 2. The Morgan fingerprint density at radius 1 is 1.17 bits per heavy atom. The van der Waals surface area contributed by atoms with Crippen molar-refractivity contribution in [3.63, 3.8) is 0 Å². The number of amides is 2. The van der Waals surface area contributed by atoms with Crippen LogP contribution >= 0.6 is 0 Å². The Hall–Kier alpha value is -2.77. The van der Waals surface area contributed by atoms with Crippen LogP contribution in [-0.4, -0.2) is 41.1 Å². The number of nitrogens with one attached hydrogen (secondary N) is 1. The van der Waals surface area contributed by atoms with Crippen molar-refractivity contribution >= 4 is 17.5 Å². The Bertz CT molecular complexity index is 896. The van der Waals surface area contributed by atoms with Crippen LogP contribution in [0.1, 0.15) is 36.5 Å². The number of aliphatic hydroxyl groups is 1. The van der Waals surface area contributed by atoms with Crippen LogP contribution in [0.25, 0.3) is 0 Å². The molecule has 2 aromatic carbocycles. The highest BCUT2D eigenvalue weighted by Crippen LogP contribution is 2.29. The molecule has 0 unspecified atom stereocenters. The number of anilines is 1. The smallest absolute Gasteiger partial charge is 0.249 e. The molecule has 2 fully saturated rings. The van der Waals surface area contributed by atoms with Gasteiger partial charge in [0.25, 0.3) is 0 Å². The summed E-state index contributed by atoms with van der Waals surface area (Å²) in [6, 6.07) is 12.4. The first kappa shape index (κ1) is 20.5. The number of nitrogens with zero attached hydrogens (tertiary/aromatic N) is 1. The van der Waals surface area contributed by atoms with Gasteiger partial charge in [-0.1, -0.05) is 30.7 Å². The molecule has 1 saturated carbocycles. The Morgan fingerprint density at radius 2 is 1.87 bits per heavy atom. The van der Waals surface area contributed by atoms with Gasteiger partial charge in [0, 0.05) is 18.2 Å². The zero-order valence-corrected chi connectivity index (χ0v) is 16.6. The number of morpholine rings is 1. The molecule has 2 aliphatic rings. The largest absolute Gasteiger partial charge is 0.386 e. The second-order valence-electron chi connectivity index (χ2n) is 7.91. The van der Waals surface area contributed by atoms with Crippen molar-refractivity contribution in [1.29, 1.82) is 0 Å². The first-order valence-electron chi connectivity index (χ1n) is 10.2. The summed E-state index contributed by atoms with van der Waals surface area (Å²) < 4.78 is 18.6. The van der Waals surface area contributed by atoms with Crippen LogP contribution < -0.4 is 5.32 Å². The molecule has 7 heteroatoms. The second kappa shape index (κ2) is 8.93. The highest BCUT2D eigenvalue weighted by molar-refractivity contribution is 5.93. The van der Waals surface area contributed by atoms with E-state index in [1.54, 1.807) is 41.3 Å². The third-order valence-electron chi connectivity index (χ3n) is 5.86. The number of rotatable bonds is 6. The van der Waals surface area contributed by atoms with Crippen molar-refractivity contribution in [2.75, 3.05) is 18.5 Å². The standard InChI is InChI=1S/C23H25FN2O4/c24-18-8-4-15(5-9-18)12-26-20(13-30-14-21(26)27)22(28)16-6-10-19(11-7-16)25-23(29)17-2-1-3-17/h4-11,17,20,22,28H,1-3,12-14H2,(H,25,29)/t20-,22-/m1/s1. The number of benzene rings is 2. The van der Waals surface area contributed by atoms with Gasteiger partial charge in [-0.2, -0.15) is 0 Å². The van der Waals surface area contributed by atoms with Gasteiger partial charge in [0.15, 0.2) is 0 Å². The molecule has 30 heavy (non-hydrogen) atoms. The summed E-state index contributed by atoms with van der Waals surface area (Å²) in [6.45, 7) is 0.421. The third kappa shape index (κ3) is 4.52. The molecule has 1 heterocycles. The zero-order chi connectivity index (χ0) is 21.1. The number of aliphatic hydroxyl groups excluding tert-OH is 1. The van der Waals surface area contributed by atoms with E-state index in [9.17, 15) is 19.1 Å². The number of carbonyl (C=O) groups is 2. The fraction of sp³-hybridized carbons (Fsp3) is 0.391. The lowest BCUT2D eigenvalue weighted by atomic mass is 9.85. The average molecular weight is 412 g/mol. The maximum Gasteiger partial charge on any atom is 0.249 e. The maximum atomic E-state index is 13.2. The Morgan fingerprint density at radius 3 is 2.50 bits per heavy atom. The number of ether oxygens (including phenoxy) is 1. The molecule has 2 atom stereocenters. The number of hydrogen-bond donors (Lipinski definition) is 2. The molecule has 2 aromatic rings. The minimum absolute atomic E-state index is 0.0336. The van der Waals surface area contributed by atoms with Gasteiger partial charge in [-0.15, -0.1) is 0 Å². The zero-order valence-electron chi connectivity index (χ0n) is 16.6. The van der Waals surface area contributed by atoms with Gasteiger partial charge in [0.05, 0.1) is 12.6 Å². The highest BCUT2D eigenvalue weighted by atomic mass is 19.1. The van der Waals surface area contributed by atoms with Gasteiger partial charge in [-0.3, -0.25) is 9.59 Å². The summed E-state index contributed by atoms with van der Waals surface area (Å²) in [6.07, 6.45) is 2.01. The van der Waals surface area contributed by atoms with Crippen molar-refractivity contribution in [1.82, 2.24) is 4.90 Å². The van der Waals surface area contributed by atoms with Crippen LogP contribution in [0.3, 0.4) is 0 Å². The van der Waals surface area contributed by atoms with E-state index in [4.69, 9.17) is 4.74 Å². The average Bonchev–Trinajstić information content (AvgIpc) is 2.70. The predicted molar refractivity (Wildman–Crippen MR) is 109 cm³/mol. The van der Waals surface area contributed by atoms with Crippen molar-refractivity contribution in [2.45, 2.75) is 38.0 Å². The van der Waals surface area contributed by atoms with Crippen LogP contribution in [0.2, 0.25) is 0 Å². The quantitative estimate of drug-likeness (QED) is 0.765. The Kier molecular flexibility index (Phi) is 6.11. The molecular formula is C23H25FN2O4. The molecular weight excluding hydrogens is 387 g/mol. The Balaban J connectivity index is 1.45. The number of halogens is 1. The SMILES string of the molecule is O=C(Nc1ccc([C@@H](O)[C@H]2COCC(=O)N2Cc2ccc(F)cc2)cc1)C1CCC1. The van der Waals surface area contributed by atoms with E-state index in [1.807, 2.05) is 0 Å². The second-order valence-corrected chi connectivity index (χ2v) is 7.91. The van der Waals surface area contributed by atoms with Gasteiger partial charge in [0.2, 0.25) is 11.8 Å². The van der Waals surface area contributed by atoms with E-state index in [1.165, 1.54) is 12.1 Å². The molecule has 158 valence electrons. The predicted octanol–water partition coefficient (Wildman–Crippen LogP) is 3.03. The molecule has 1 saturated heterocycles. The Labute approximate surface area is 174 Å². The molecule has 6 nitrogen and oxygen atoms in total. The summed E-state index contributed by atoms with van der Waals surface area (Å²) in [7, 11) is 0. The summed E-state index contributed by atoms with van der Waals surface area (Å²) in [5.41, 5.74) is 2.09. The summed E-state index contributed by atoms with van der Waals surface area (Å²) in [5.74, 6) is -0.431. The minimum Gasteiger partial charge on any atom is -0.386 e. The molecule has 1 aliphatic heterocycles. The van der Waals surface area contributed by atoms with Gasteiger partial charge in [-0.25, -0.2) is 4.39 Å². The van der Waals surface area contributed by atoms with Crippen molar-refractivity contribution < 1.29 is 23.8 Å². The van der Waals surface area contributed by atoms with Crippen LogP contribution in [0.4, 0.5) is 10.1 Å².